The Morgan fingerprint density at radius 1 is 1.07 bits per heavy atom. The maximum atomic E-state index is 12.8. The topological polar surface area (TPSA) is 75.7 Å². The molecule has 0 radical (unpaired) electrons. The quantitative estimate of drug-likeness (QED) is 0.831. The highest BCUT2D eigenvalue weighted by atomic mass is 32.2. The first-order valence-electron chi connectivity index (χ1n) is 9.95. The first kappa shape index (κ1) is 19.9. The summed E-state index contributed by atoms with van der Waals surface area (Å²) in [6.07, 6.45) is 2.43. The van der Waals surface area contributed by atoms with Crippen LogP contribution in [0, 0.1) is 0 Å². The SMILES string of the molecule is CC1(C)C[C@H](NC(=O)c2ccc(S(=O)(=O)N3CCCC3)cc2)c2ccccc2O1. The van der Waals surface area contributed by atoms with E-state index >= 15 is 0 Å². The van der Waals surface area contributed by atoms with Crippen LogP contribution in [-0.2, 0) is 10.0 Å². The second-order valence-electron chi connectivity index (χ2n) is 8.27. The van der Waals surface area contributed by atoms with E-state index in [1.54, 1.807) is 12.1 Å². The Morgan fingerprint density at radius 3 is 2.41 bits per heavy atom. The summed E-state index contributed by atoms with van der Waals surface area (Å²) in [5.41, 5.74) is 1.00. The van der Waals surface area contributed by atoms with Gasteiger partial charge >= 0.3 is 0 Å². The van der Waals surface area contributed by atoms with Crippen molar-refractivity contribution in [3.63, 3.8) is 0 Å². The monoisotopic (exact) mass is 414 g/mol. The number of hydrogen-bond acceptors (Lipinski definition) is 4. The zero-order chi connectivity index (χ0) is 20.6. The fourth-order valence-corrected chi connectivity index (χ4v) is 5.55. The van der Waals surface area contributed by atoms with Crippen LogP contribution in [0.2, 0.25) is 0 Å². The van der Waals surface area contributed by atoms with Crippen LogP contribution in [0.3, 0.4) is 0 Å². The van der Waals surface area contributed by atoms with E-state index in [9.17, 15) is 13.2 Å². The van der Waals surface area contributed by atoms with Gasteiger partial charge in [-0.2, -0.15) is 4.31 Å². The molecule has 1 N–H and O–H groups in total. The lowest BCUT2D eigenvalue weighted by Gasteiger charge is -2.37. The summed E-state index contributed by atoms with van der Waals surface area (Å²) >= 11 is 0. The smallest absolute Gasteiger partial charge is 0.251 e. The lowest BCUT2D eigenvalue weighted by Crippen LogP contribution is -2.41. The van der Waals surface area contributed by atoms with Crippen molar-refractivity contribution in [1.29, 1.82) is 0 Å². The number of hydrogen-bond donors (Lipinski definition) is 1. The van der Waals surface area contributed by atoms with E-state index in [2.05, 4.69) is 5.32 Å². The minimum Gasteiger partial charge on any atom is -0.487 e. The molecule has 0 spiro atoms. The van der Waals surface area contributed by atoms with Gasteiger partial charge in [0.15, 0.2) is 0 Å². The molecule has 0 saturated carbocycles. The van der Waals surface area contributed by atoms with E-state index in [4.69, 9.17) is 4.74 Å². The number of rotatable bonds is 4. The molecule has 29 heavy (non-hydrogen) atoms. The molecule has 0 bridgehead atoms. The molecule has 2 aliphatic heterocycles. The van der Waals surface area contributed by atoms with Gasteiger partial charge in [0.2, 0.25) is 10.0 Å². The summed E-state index contributed by atoms with van der Waals surface area (Å²) < 4.78 is 32.8. The number of nitrogens with one attached hydrogen (secondary N) is 1. The Morgan fingerprint density at radius 2 is 1.72 bits per heavy atom. The zero-order valence-corrected chi connectivity index (χ0v) is 17.5. The van der Waals surface area contributed by atoms with E-state index in [1.807, 2.05) is 38.1 Å². The molecule has 0 aromatic heterocycles. The molecule has 2 heterocycles. The van der Waals surface area contributed by atoms with Crippen LogP contribution in [0.15, 0.2) is 53.4 Å². The predicted molar refractivity (Wildman–Crippen MR) is 110 cm³/mol. The van der Waals surface area contributed by atoms with Gasteiger partial charge in [0.05, 0.1) is 10.9 Å². The van der Waals surface area contributed by atoms with Gasteiger partial charge in [0.1, 0.15) is 11.4 Å². The molecule has 6 nitrogen and oxygen atoms in total. The van der Waals surface area contributed by atoms with Crippen molar-refractivity contribution < 1.29 is 17.9 Å². The zero-order valence-electron chi connectivity index (χ0n) is 16.7. The van der Waals surface area contributed by atoms with Crippen molar-refractivity contribution in [3.8, 4) is 5.75 Å². The Hall–Kier alpha value is -2.38. The minimum absolute atomic E-state index is 0.171. The van der Waals surface area contributed by atoms with Gasteiger partial charge in [-0.1, -0.05) is 18.2 Å². The van der Waals surface area contributed by atoms with Gasteiger partial charge in [-0.05, 0) is 57.0 Å². The second kappa shape index (κ2) is 7.46. The van der Waals surface area contributed by atoms with Crippen molar-refractivity contribution in [2.45, 2.75) is 49.6 Å². The number of carbonyl (C=O) groups is 1. The molecule has 4 rings (SSSR count). The Bertz CT molecular complexity index is 1010. The van der Waals surface area contributed by atoms with Gasteiger partial charge < -0.3 is 10.1 Å². The van der Waals surface area contributed by atoms with Crippen LogP contribution in [-0.4, -0.2) is 37.3 Å². The fraction of sp³-hybridized carbons (Fsp3) is 0.409. The molecule has 7 heteroatoms. The van der Waals surface area contributed by atoms with Crippen LogP contribution in [0.1, 0.15) is 55.1 Å². The van der Waals surface area contributed by atoms with Crippen LogP contribution in [0.4, 0.5) is 0 Å². The van der Waals surface area contributed by atoms with Gasteiger partial charge in [-0.3, -0.25) is 4.79 Å². The summed E-state index contributed by atoms with van der Waals surface area (Å²) in [5.74, 6) is 0.550. The van der Waals surface area contributed by atoms with Crippen LogP contribution < -0.4 is 10.1 Å². The summed E-state index contributed by atoms with van der Waals surface area (Å²) in [6, 6.07) is 13.7. The fourth-order valence-electron chi connectivity index (χ4n) is 4.03. The van der Waals surface area contributed by atoms with Gasteiger partial charge in [-0.15, -0.1) is 0 Å². The molecular weight excluding hydrogens is 388 g/mol. The molecule has 2 aliphatic rings. The van der Waals surface area contributed by atoms with E-state index < -0.39 is 10.0 Å². The third-order valence-corrected chi connectivity index (χ3v) is 7.41. The largest absolute Gasteiger partial charge is 0.487 e. The number of para-hydroxylation sites is 1. The minimum atomic E-state index is -3.48. The van der Waals surface area contributed by atoms with Crippen molar-refractivity contribution in [3.05, 3.63) is 59.7 Å². The number of carbonyl (C=O) groups excluding carboxylic acids is 1. The predicted octanol–water partition coefficient (Wildman–Crippen LogP) is 3.50. The maximum absolute atomic E-state index is 12.8. The van der Waals surface area contributed by atoms with Gasteiger partial charge in [0.25, 0.3) is 5.91 Å². The first-order chi connectivity index (χ1) is 13.8. The summed E-state index contributed by atoms with van der Waals surface area (Å²) in [5, 5.41) is 3.08. The standard InChI is InChI=1S/C22H26N2O4S/c1-22(2)15-19(18-7-3-4-8-20(18)28-22)23-21(25)16-9-11-17(12-10-16)29(26,27)24-13-5-6-14-24/h3-4,7-12,19H,5-6,13-15H2,1-2H3,(H,23,25)/t19-/m0/s1. The van der Waals surface area contributed by atoms with Crippen LogP contribution in [0.25, 0.3) is 0 Å². The van der Waals surface area contributed by atoms with Gasteiger partial charge in [0, 0.05) is 30.6 Å². The molecule has 2 aromatic carbocycles. The molecule has 154 valence electrons. The molecule has 1 amide bonds. The second-order valence-corrected chi connectivity index (χ2v) is 10.2. The number of nitrogens with zero attached hydrogens (tertiary/aromatic N) is 1. The van der Waals surface area contributed by atoms with E-state index in [0.29, 0.717) is 25.1 Å². The number of amides is 1. The summed E-state index contributed by atoms with van der Waals surface area (Å²) in [6.45, 7) is 5.12. The highest BCUT2D eigenvalue weighted by Gasteiger charge is 2.34. The van der Waals surface area contributed by atoms with Crippen LogP contribution >= 0.6 is 0 Å². The third kappa shape index (κ3) is 4.02. The lowest BCUT2D eigenvalue weighted by molar-refractivity contribution is 0.0619. The average Bonchev–Trinajstić information content (AvgIpc) is 3.23. The third-order valence-electron chi connectivity index (χ3n) is 5.50. The lowest BCUT2D eigenvalue weighted by atomic mass is 9.89. The number of fused-ring (bicyclic) bond motifs is 1. The number of ether oxygens (including phenoxy) is 1. The molecule has 1 fully saturated rings. The Labute approximate surface area is 171 Å². The molecule has 0 unspecified atom stereocenters. The molecule has 1 saturated heterocycles. The van der Waals surface area contributed by atoms with Crippen molar-refractivity contribution in [1.82, 2.24) is 9.62 Å². The number of sulfonamides is 1. The maximum Gasteiger partial charge on any atom is 0.251 e. The Kier molecular flexibility index (Phi) is 5.12. The highest BCUT2D eigenvalue weighted by Crippen LogP contribution is 2.39. The Balaban J connectivity index is 1.52. The van der Waals surface area contributed by atoms with Crippen LogP contribution in [0.5, 0.6) is 5.75 Å². The van der Waals surface area contributed by atoms with Crippen molar-refractivity contribution in [2.24, 2.45) is 0 Å². The molecule has 0 aliphatic carbocycles. The molecule has 1 atom stereocenters. The summed E-state index contributed by atoms with van der Waals surface area (Å²) in [7, 11) is -3.48. The van der Waals surface area contributed by atoms with E-state index in [1.165, 1.54) is 16.4 Å². The van der Waals surface area contributed by atoms with Crippen molar-refractivity contribution >= 4 is 15.9 Å². The van der Waals surface area contributed by atoms with Gasteiger partial charge in [-0.25, -0.2) is 8.42 Å². The average molecular weight is 415 g/mol. The van der Waals surface area contributed by atoms with E-state index in [0.717, 1.165) is 24.2 Å². The first-order valence-corrected chi connectivity index (χ1v) is 11.4. The molecular formula is C22H26N2O4S. The van der Waals surface area contributed by atoms with Crippen molar-refractivity contribution in [2.75, 3.05) is 13.1 Å². The highest BCUT2D eigenvalue weighted by molar-refractivity contribution is 7.89. The number of benzene rings is 2. The summed E-state index contributed by atoms with van der Waals surface area (Å²) in [4.78, 5) is 13.1. The molecule has 2 aromatic rings. The van der Waals surface area contributed by atoms with E-state index in [-0.39, 0.29) is 22.4 Å². The normalized spacial score (nSPS) is 21.2.